The van der Waals surface area contributed by atoms with Crippen LogP contribution in [-0.4, -0.2) is 48.3 Å². The summed E-state index contributed by atoms with van der Waals surface area (Å²) in [5.74, 6) is 0. The Labute approximate surface area is 88.8 Å². The fourth-order valence-electron chi connectivity index (χ4n) is 1.84. The molecule has 1 aliphatic rings. The predicted octanol–water partition coefficient (Wildman–Crippen LogP) is 0.633. The van der Waals surface area contributed by atoms with Gasteiger partial charge in [0.25, 0.3) is 6.17 Å². The fourth-order valence-corrected chi connectivity index (χ4v) is 1.84. The van der Waals surface area contributed by atoms with Gasteiger partial charge in [0.05, 0.1) is 0 Å². The average Bonchev–Trinajstić information content (AvgIpc) is 2.21. The summed E-state index contributed by atoms with van der Waals surface area (Å²) < 4.78 is 12.0. The molecule has 0 amide bonds. The van der Waals surface area contributed by atoms with E-state index >= 15 is 0 Å². The molecule has 1 fully saturated rings. The highest BCUT2D eigenvalue weighted by Crippen LogP contribution is 2.10. The summed E-state index contributed by atoms with van der Waals surface area (Å²) in [5, 5.41) is 13.4. The molecule has 0 aromatic carbocycles. The van der Waals surface area contributed by atoms with Gasteiger partial charge in [0, 0.05) is 24.4 Å². The summed E-state index contributed by atoms with van der Waals surface area (Å²) in [7, 11) is 0. The van der Waals surface area contributed by atoms with Crippen molar-refractivity contribution in [2.75, 3.05) is 26.3 Å². The van der Waals surface area contributed by atoms with E-state index < -0.39 is 6.17 Å². The van der Waals surface area contributed by atoms with Crippen LogP contribution < -0.4 is 5.32 Å². The number of nitrogens with zero attached hydrogens (tertiary/aromatic N) is 2. The SMILES string of the molecule is CC(NC1CCN(CCF)CC1)[N+](=O)[O-]. The van der Waals surface area contributed by atoms with Crippen LogP contribution in [0.1, 0.15) is 19.8 Å². The zero-order chi connectivity index (χ0) is 11.3. The van der Waals surface area contributed by atoms with Crippen molar-refractivity contribution in [3.63, 3.8) is 0 Å². The minimum absolute atomic E-state index is 0.196. The highest BCUT2D eigenvalue weighted by molar-refractivity contribution is 4.77. The van der Waals surface area contributed by atoms with E-state index in [9.17, 15) is 14.5 Å². The maximum atomic E-state index is 12.0. The van der Waals surface area contributed by atoms with E-state index in [1.165, 1.54) is 0 Å². The third-order valence-corrected chi connectivity index (χ3v) is 2.78. The van der Waals surface area contributed by atoms with E-state index in [1.807, 2.05) is 0 Å². The van der Waals surface area contributed by atoms with Crippen LogP contribution in [0.3, 0.4) is 0 Å². The zero-order valence-corrected chi connectivity index (χ0v) is 8.99. The van der Waals surface area contributed by atoms with Gasteiger partial charge in [-0.25, -0.2) is 4.39 Å². The smallest absolute Gasteiger partial charge is 0.263 e. The Morgan fingerprint density at radius 3 is 2.67 bits per heavy atom. The molecule has 0 aromatic heterocycles. The van der Waals surface area contributed by atoms with Crippen LogP contribution in [0.2, 0.25) is 0 Å². The monoisotopic (exact) mass is 219 g/mol. The van der Waals surface area contributed by atoms with E-state index in [1.54, 1.807) is 6.92 Å². The Hall–Kier alpha value is -0.750. The summed E-state index contributed by atoms with van der Waals surface area (Å²) in [6, 6.07) is 0.196. The number of halogens is 1. The van der Waals surface area contributed by atoms with E-state index in [4.69, 9.17) is 0 Å². The largest absolute Gasteiger partial charge is 0.301 e. The number of rotatable bonds is 5. The number of nitrogens with one attached hydrogen (secondary N) is 1. The molecule has 1 atom stereocenters. The number of alkyl halides is 1. The van der Waals surface area contributed by atoms with Gasteiger partial charge in [-0.15, -0.1) is 0 Å². The first-order valence-electron chi connectivity index (χ1n) is 5.31. The van der Waals surface area contributed by atoms with Gasteiger partial charge in [0.15, 0.2) is 0 Å². The first-order chi connectivity index (χ1) is 7.13. The van der Waals surface area contributed by atoms with Gasteiger partial charge in [0.1, 0.15) is 6.67 Å². The lowest BCUT2D eigenvalue weighted by molar-refractivity contribution is -0.526. The average molecular weight is 219 g/mol. The van der Waals surface area contributed by atoms with Crippen LogP contribution in [0.15, 0.2) is 0 Å². The Bertz CT molecular complexity index is 208. The first-order valence-corrected chi connectivity index (χ1v) is 5.31. The number of likely N-dealkylation sites (tertiary alicyclic amines) is 1. The molecule has 1 rings (SSSR count). The van der Waals surface area contributed by atoms with Gasteiger partial charge in [-0.1, -0.05) is 0 Å². The standard InChI is InChI=1S/C9H18FN3O2/c1-8(13(14)15)11-9-2-5-12(6-3-9)7-4-10/h8-9,11H,2-7H2,1H3. The van der Waals surface area contributed by atoms with Crippen molar-refractivity contribution >= 4 is 0 Å². The van der Waals surface area contributed by atoms with Crippen molar-refractivity contribution in [2.24, 2.45) is 0 Å². The van der Waals surface area contributed by atoms with Crippen LogP contribution in [0, 0.1) is 10.1 Å². The minimum Gasteiger partial charge on any atom is -0.301 e. The topological polar surface area (TPSA) is 58.4 Å². The van der Waals surface area contributed by atoms with E-state index in [2.05, 4.69) is 10.2 Å². The number of nitro groups is 1. The summed E-state index contributed by atoms with van der Waals surface area (Å²) >= 11 is 0. The Morgan fingerprint density at radius 2 is 2.20 bits per heavy atom. The fraction of sp³-hybridized carbons (Fsp3) is 1.00. The summed E-state index contributed by atoms with van der Waals surface area (Å²) in [5.41, 5.74) is 0. The quantitative estimate of drug-likeness (QED) is 0.418. The van der Waals surface area contributed by atoms with Gasteiger partial charge in [-0.3, -0.25) is 15.4 Å². The molecule has 1 N–H and O–H groups in total. The molecule has 1 aliphatic heterocycles. The van der Waals surface area contributed by atoms with E-state index in [-0.39, 0.29) is 17.6 Å². The van der Waals surface area contributed by atoms with Gasteiger partial charge in [0.2, 0.25) is 0 Å². The van der Waals surface area contributed by atoms with Crippen molar-refractivity contribution in [1.29, 1.82) is 0 Å². The summed E-state index contributed by atoms with van der Waals surface area (Å²) in [4.78, 5) is 12.1. The lowest BCUT2D eigenvalue weighted by Crippen LogP contribution is -2.47. The first kappa shape index (κ1) is 12.3. The molecule has 1 unspecified atom stereocenters. The second-order valence-corrected chi connectivity index (χ2v) is 3.93. The molecule has 5 nitrogen and oxygen atoms in total. The van der Waals surface area contributed by atoms with Crippen molar-refractivity contribution in [3.8, 4) is 0 Å². The molecule has 1 heterocycles. The van der Waals surface area contributed by atoms with Gasteiger partial charge in [-0.05, 0) is 25.9 Å². The second-order valence-electron chi connectivity index (χ2n) is 3.93. The predicted molar refractivity (Wildman–Crippen MR) is 55.0 cm³/mol. The summed E-state index contributed by atoms with van der Waals surface area (Å²) in [6.07, 6.45) is 1.03. The van der Waals surface area contributed by atoms with Crippen LogP contribution >= 0.6 is 0 Å². The molecule has 6 heteroatoms. The molecule has 0 radical (unpaired) electrons. The van der Waals surface area contributed by atoms with Crippen molar-refractivity contribution in [3.05, 3.63) is 10.1 Å². The van der Waals surface area contributed by atoms with Crippen LogP contribution in [-0.2, 0) is 0 Å². The Morgan fingerprint density at radius 1 is 1.60 bits per heavy atom. The van der Waals surface area contributed by atoms with Gasteiger partial charge < -0.3 is 4.90 Å². The van der Waals surface area contributed by atoms with Crippen LogP contribution in [0.5, 0.6) is 0 Å². The van der Waals surface area contributed by atoms with Crippen molar-refractivity contribution in [1.82, 2.24) is 10.2 Å². The highest BCUT2D eigenvalue weighted by Gasteiger charge is 2.23. The number of hydrogen-bond acceptors (Lipinski definition) is 4. The molecule has 0 aromatic rings. The molecular weight excluding hydrogens is 201 g/mol. The van der Waals surface area contributed by atoms with E-state index in [0.29, 0.717) is 6.54 Å². The summed E-state index contributed by atoms with van der Waals surface area (Å²) in [6.45, 7) is 3.37. The molecule has 15 heavy (non-hydrogen) atoms. The third kappa shape index (κ3) is 4.09. The lowest BCUT2D eigenvalue weighted by atomic mass is 10.1. The van der Waals surface area contributed by atoms with Crippen molar-refractivity contribution in [2.45, 2.75) is 32.0 Å². The molecule has 0 aliphatic carbocycles. The van der Waals surface area contributed by atoms with E-state index in [0.717, 1.165) is 25.9 Å². The molecule has 1 saturated heterocycles. The normalized spacial score (nSPS) is 21.5. The van der Waals surface area contributed by atoms with Crippen molar-refractivity contribution < 1.29 is 9.31 Å². The Kier molecular flexibility index (Phi) is 4.90. The minimum atomic E-state index is -0.692. The maximum absolute atomic E-state index is 12.0. The zero-order valence-electron chi connectivity index (χ0n) is 8.99. The Balaban J connectivity index is 2.22. The lowest BCUT2D eigenvalue weighted by Gasteiger charge is -2.31. The van der Waals surface area contributed by atoms with Crippen LogP contribution in [0.4, 0.5) is 4.39 Å². The molecule has 0 saturated carbocycles. The molecule has 0 spiro atoms. The highest BCUT2D eigenvalue weighted by atomic mass is 19.1. The maximum Gasteiger partial charge on any atom is 0.263 e. The second kappa shape index (κ2) is 5.97. The molecule has 0 bridgehead atoms. The number of piperidine rings is 1. The number of hydrogen-bond donors (Lipinski definition) is 1. The van der Waals surface area contributed by atoms with Crippen LogP contribution in [0.25, 0.3) is 0 Å². The molecular formula is C9H18FN3O2. The van der Waals surface area contributed by atoms with Gasteiger partial charge in [-0.2, -0.15) is 0 Å². The third-order valence-electron chi connectivity index (χ3n) is 2.78. The van der Waals surface area contributed by atoms with Gasteiger partial charge >= 0.3 is 0 Å². The molecule has 88 valence electrons.